The Morgan fingerprint density at radius 1 is 1.00 bits per heavy atom. The van der Waals surface area contributed by atoms with Crippen molar-refractivity contribution in [2.24, 2.45) is 0 Å². The van der Waals surface area contributed by atoms with E-state index in [0.717, 1.165) is 0 Å². The van der Waals surface area contributed by atoms with Crippen LogP contribution in [0.1, 0.15) is 18.2 Å². The zero-order valence-corrected chi connectivity index (χ0v) is 18.2. The maximum atomic E-state index is 13.2. The van der Waals surface area contributed by atoms with Crippen molar-refractivity contribution < 1.29 is 23.0 Å². The smallest absolute Gasteiger partial charge is 0.235 e. The molecule has 7 heteroatoms. The lowest BCUT2D eigenvalue weighted by atomic mass is 10.2. The Balaban J connectivity index is 1.61. The van der Waals surface area contributed by atoms with Gasteiger partial charge in [-0.3, -0.25) is 4.79 Å². The Labute approximate surface area is 188 Å². The second-order valence-corrected chi connectivity index (χ2v) is 7.39. The van der Waals surface area contributed by atoms with E-state index < -0.39 is 5.82 Å². The van der Waals surface area contributed by atoms with Crippen LogP contribution in [0.3, 0.4) is 0 Å². The van der Waals surface area contributed by atoms with E-state index in [-0.39, 0.29) is 22.8 Å². The molecule has 0 amide bonds. The number of ether oxygens (including phenoxy) is 3. The Hall–Kier alpha value is -3.51. The minimum atomic E-state index is -0.413. The van der Waals surface area contributed by atoms with Crippen molar-refractivity contribution in [1.29, 1.82) is 0 Å². The number of rotatable bonds is 7. The molecule has 0 spiro atoms. The highest BCUT2D eigenvalue weighted by Gasteiger charge is 2.16. The molecule has 0 saturated heterocycles. The number of hydrogen-bond acceptors (Lipinski definition) is 5. The number of hydrogen-bond donors (Lipinski definition) is 0. The zero-order chi connectivity index (χ0) is 22.7. The summed E-state index contributed by atoms with van der Waals surface area (Å²) in [7, 11) is 0. The van der Waals surface area contributed by atoms with Gasteiger partial charge in [-0.15, -0.1) is 0 Å². The van der Waals surface area contributed by atoms with Crippen molar-refractivity contribution in [3.05, 3.63) is 93.1 Å². The molecule has 0 fully saturated rings. The Bertz CT molecular complexity index is 1330. The fourth-order valence-electron chi connectivity index (χ4n) is 3.20. The fourth-order valence-corrected chi connectivity index (χ4v) is 3.42. The van der Waals surface area contributed by atoms with Crippen molar-refractivity contribution in [2.45, 2.75) is 20.5 Å². The minimum Gasteiger partial charge on any atom is -0.490 e. The van der Waals surface area contributed by atoms with Gasteiger partial charge in [0.15, 0.2) is 11.5 Å². The van der Waals surface area contributed by atoms with Crippen LogP contribution in [-0.4, -0.2) is 6.61 Å². The van der Waals surface area contributed by atoms with E-state index in [1.807, 2.05) is 13.0 Å². The van der Waals surface area contributed by atoms with Crippen LogP contribution in [0.4, 0.5) is 4.39 Å². The molecule has 3 aromatic carbocycles. The van der Waals surface area contributed by atoms with Gasteiger partial charge in [-0.25, -0.2) is 4.39 Å². The summed E-state index contributed by atoms with van der Waals surface area (Å²) >= 11 is 6.04. The molecule has 0 bridgehead atoms. The molecule has 5 nitrogen and oxygen atoms in total. The van der Waals surface area contributed by atoms with Crippen molar-refractivity contribution in [3.63, 3.8) is 0 Å². The largest absolute Gasteiger partial charge is 0.490 e. The summed E-state index contributed by atoms with van der Waals surface area (Å²) in [6.07, 6.45) is 0. The minimum absolute atomic E-state index is 0.0939. The first kappa shape index (κ1) is 21.7. The molecule has 1 heterocycles. The van der Waals surface area contributed by atoms with Gasteiger partial charge in [0.25, 0.3) is 0 Å². The number of fused-ring (bicyclic) bond motifs is 1. The van der Waals surface area contributed by atoms with E-state index in [4.69, 9.17) is 30.2 Å². The van der Waals surface area contributed by atoms with Gasteiger partial charge in [0.05, 0.1) is 17.0 Å². The zero-order valence-electron chi connectivity index (χ0n) is 17.5. The molecule has 4 aromatic rings. The summed E-state index contributed by atoms with van der Waals surface area (Å²) in [6, 6.07) is 16.1. The third-order valence-electron chi connectivity index (χ3n) is 4.76. The maximum absolute atomic E-state index is 13.2. The molecule has 0 atom stereocenters. The third-order valence-corrected chi connectivity index (χ3v) is 5.11. The highest BCUT2D eigenvalue weighted by Crippen LogP contribution is 2.33. The van der Waals surface area contributed by atoms with E-state index in [9.17, 15) is 9.18 Å². The molecule has 0 aliphatic heterocycles. The lowest BCUT2D eigenvalue weighted by Crippen LogP contribution is -2.08. The van der Waals surface area contributed by atoms with E-state index >= 15 is 0 Å². The van der Waals surface area contributed by atoms with Gasteiger partial charge in [0.1, 0.15) is 29.5 Å². The quantitative estimate of drug-likeness (QED) is 0.312. The van der Waals surface area contributed by atoms with Crippen molar-refractivity contribution >= 4 is 22.6 Å². The lowest BCUT2D eigenvalue weighted by molar-refractivity contribution is 0.306. The molecule has 1 aromatic heterocycles. The second kappa shape index (κ2) is 9.32. The molecule has 0 aliphatic rings. The molecular weight excluding hydrogens is 435 g/mol. The van der Waals surface area contributed by atoms with Gasteiger partial charge in [0, 0.05) is 11.6 Å². The van der Waals surface area contributed by atoms with Crippen molar-refractivity contribution in [3.8, 4) is 23.0 Å². The monoisotopic (exact) mass is 454 g/mol. The van der Waals surface area contributed by atoms with Crippen LogP contribution in [0, 0.1) is 12.7 Å². The van der Waals surface area contributed by atoms with Gasteiger partial charge in [0.2, 0.25) is 11.2 Å². The van der Waals surface area contributed by atoms with Gasteiger partial charge in [-0.1, -0.05) is 29.8 Å². The third kappa shape index (κ3) is 4.55. The fraction of sp³-hybridized carbons (Fsp3) is 0.160. The van der Waals surface area contributed by atoms with Crippen molar-refractivity contribution in [2.75, 3.05) is 6.61 Å². The maximum Gasteiger partial charge on any atom is 0.235 e. The molecule has 164 valence electrons. The molecule has 32 heavy (non-hydrogen) atoms. The van der Waals surface area contributed by atoms with Gasteiger partial charge >= 0.3 is 0 Å². The average molecular weight is 455 g/mol. The van der Waals surface area contributed by atoms with Crippen LogP contribution in [0.5, 0.6) is 23.0 Å². The molecule has 0 aliphatic carbocycles. The number of benzene rings is 3. The highest BCUT2D eigenvalue weighted by atomic mass is 35.5. The first-order chi connectivity index (χ1) is 15.5. The Morgan fingerprint density at radius 3 is 2.53 bits per heavy atom. The van der Waals surface area contributed by atoms with Crippen LogP contribution in [-0.2, 0) is 6.61 Å². The molecule has 0 unspecified atom stereocenters. The standard InChI is InChI=1S/C25H20ClFO5/c1-3-29-21-6-4-5-7-22(21)32-25-15(2)31-23-13-18(10-11-19(23)24(25)28)30-14-16-8-9-17(27)12-20(16)26/h4-13H,3,14H2,1-2H3. The number of aryl methyl sites for hydroxylation is 1. The predicted molar refractivity (Wildman–Crippen MR) is 121 cm³/mol. The average Bonchev–Trinajstić information content (AvgIpc) is 2.77. The lowest BCUT2D eigenvalue weighted by Gasteiger charge is -2.13. The SMILES string of the molecule is CCOc1ccccc1Oc1c(C)oc2cc(OCc3ccc(F)cc3Cl)ccc2c1=O. The van der Waals surface area contributed by atoms with Gasteiger partial charge in [-0.05, 0) is 50.2 Å². The van der Waals surface area contributed by atoms with Crippen LogP contribution in [0.15, 0.2) is 69.9 Å². The Morgan fingerprint density at radius 2 is 1.78 bits per heavy atom. The summed E-state index contributed by atoms with van der Waals surface area (Å²) in [5.74, 6) is 1.46. The molecule has 0 saturated carbocycles. The summed E-state index contributed by atoms with van der Waals surface area (Å²) < 4.78 is 36.3. The van der Waals surface area contributed by atoms with Crippen LogP contribution in [0.2, 0.25) is 5.02 Å². The molecular formula is C25H20ClFO5. The van der Waals surface area contributed by atoms with Gasteiger partial charge in [-0.2, -0.15) is 0 Å². The summed E-state index contributed by atoms with van der Waals surface area (Å²) in [5.41, 5.74) is 0.700. The molecule has 0 N–H and O–H groups in total. The van der Waals surface area contributed by atoms with E-state index in [1.165, 1.54) is 12.1 Å². The summed E-state index contributed by atoms with van der Waals surface area (Å²) in [5, 5.41) is 0.633. The molecule has 0 radical (unpaired) electrons. The predicted octanol–water partition coefficient (Wildman–Crippen LogP) is 6.66. The number of halogens is 2. The van der Waals surface area contributed by atoms with Gasteiger partial charge < -0.3 is 18.6 Å². The molecule has 4 rings (SSSR count). The normalized spacial score (nSPS) is 10.9. The van der Waals surface area contributed by atoms with Crippen molar-refractivity contribution in [1.82, 2.24) is 0 Å². The highest BCUT2D eigenvalue weighted by molar-refractivity contribution is 6.31. The van der Waals surface area contributed by atoms with Crippen LogP contribution < -0.4 is 19.6 Å². The summed E-state index contributed by atoms with van der Waals surface area (Å²) in [4.78, 5) is 13.1. The first-order valence-corrected chi connectivity index (χ1v) is 10.4. The van der Waals surface area contributed by atoms with Crippen LogP contribution in [0.25, 0.3) is 11.0 Å². The second-order valence-electron chi connectivity index (χ2n) is 6.98. The number of para-hydroxylation sites is 2. The Kier molecular flexibility index (Phi) is 6.32. The van der Waals surface area contributed by atoms with E-state index in [1.54, 1.807) is 49.4 Å². The van der Waals surface area contributed by atoms with E-state index in [2.05, 4.69) is 0 Å². The van der Waals surface area contributed by atoms with E-state index in [0.29, 0.717) is 46.1 Å². The van der Waals surface area contributed by atoms with Crippen LogP contribution >= 0.6 is 11.6 Å². The topological polar surface area (TPSA) is 57.9 Å². The first-order valence-electron chi connectivity index (χ1n) is 10.00. The summed E-state index contributed by atoms with van der Waals surface area (Å²) in [6.45, 7) is 4.14.